The van der Waals surface area contributed by atoms with Gasteiger partial charge in [0.15, 0.2) is 11.5 Å². The fourth-order valence-corrected chi connectivity index (χ4v) is 4.37. The van der Waals surface area contributed by atoms with Crippen molar-refractivity contribution < 1.29 is 14.2 Å². The van der Waals surface area contributed by atoms with Crippen LogP contribution in [0.1, 0.15) is 17.5 Å². The summed E-state index contributed by atoms with van der Waals surface area (Å²) < 4.78 is 22.2. The number of halogens is 1. The molecule has 1 N–H and O–H groups in total. The lowest BCUT2D eigenvalue weighted by atomic mass is 10.00. The van der Waals surface area contributed by atoms with Crippen molar-refractivity contribution in [1.29, 1.82) is 0 Å². The van der Waals surface area contributed by atoms with Crippen molar-refractivity contribution >= 4 is 22.2 Å². The largest absolute Gasteiger partial charge is 0.380 e. The highest BCUT2D eigenvalue weighted by Gasteiger charge is 2.21. The van der Waals surface area contributed by atoms with E-state index in [1.54, 1.807) is 28.8 Å². The van der Waals surface area contributed by atoms with Crippen molar-refractivity contribution in [2.24, 2.45) is 0 Å². The van der Waals surface area contributed by atoms with Crippen molar-refractivity contribution in [1.82, 2.24) is 24.6 Å². The van der Waals surface area contributed by atoms with Gasteiger partial charge in [-0.15, -0.1) is 10.2 Å². The second kappa shape index (κ2) is 8.44. The molecule has 1 unspecified atom stereocenters. The second-order valence-corrected chi connectivity index (χ2v) is 8.15. The maximum atomic E-state index is 15.0. The molecule has 9 heteroatoms. The Kier molecular flexibility index (Phi) is 5.12. The molecule has 0 amide bonds. The Morgan fingerprint density at radius 3 is 2.74 bits per heavy atom. The minimum absolute atomic E-state index is 0.289. The van der Waals surface area contributed by atoms with Crippen LogP contribution in [0.5, 0.6) is 0 Å². The molecule has 1 atom stereocenters. The summed E-state index contributed by atoms with van der Waals surface area (Å²) in [5.74, 6) is -0.0739. The number of aliphatic hydroxyl groups excluding tert-OH is 1. The lowest BCUT2D eigenvalue weighted by molar-refractivity contribution is 0.122. The third-order valence-corrected chi connectivity index (χ3v) is 6.14. The second-order valence-electron chi connectivity index (χ2n) is 8.15. The number of rotatable bonds is 4. The van der Waals surface area contributed by atoms with Gasteiger partial charge in [-0.05, 0) is 48.0 Å². The van der Waals surface area contributed by atoms with Crippen LogP contribution in [0.3, 0.4) is 0 Å². The van der Waals surface area contributed by atoms with Crippen molar-refractivity contribution in [3.05, 3.63) is 84.3 Å². The van der Waals surface area contributed by atoms with Crippen LogP contribution in [0.25, 0.3) is 27.8 Å². The molecule has 170 valence electrons. The van der Waals surface area contributed by atoms with Gasteiger partial charge in [0.05, 0.1) is 24.4 Å². The summed E-state index contributed by atoms with van der Waals surface area (Å²) in [6.07, 6.45) is 2.13. The molecular formula is C25H21FN6O2. The van der Waals surface area contributed by atoms with Crippen LogP contribution in [-0.4, -0.2) is 56.0 Å². The molecule has 1 saturated heterocycles. The van der Waals surface area contributed by atoms with Crippen LogP contribution in [0.15, 0.2) is 67.1 Å². The Morgan fingerprint density at radius 1 is 0.971 bits per heavy atom. The normalized spacial score (nSPS) is 15.2. The smallest absolute Gasteiger partial charge is 0.170 e. The van der Waals surface area contributed by atoms with Crippen LogP contribution in [-0.2, 0) is 4.74 Å². The first-order chi connectivity index (χ1) is 16.7. The molecule has 0 aliphatic carbocycles. The third kappa shape index (κ3) is 3.55. The minimum atomic E-state index is -1.09. The molecule has 8 nitrogen and oxygen atoms in total. The van der Waals surface area contributed by atoms with Crippen molar-refractivity contribution in [2.45, 2.75) is 6.10 Å². The van der Waals surface area contributed by atoms with E-state index in [0.717, 1.165) is 29.7 Å². The zero-order valence-electron chi connectivity index (χ0n) is 18.2. The van der Waals surface area contributed by atoms with E-state index in [1.807, 2.05) is 30.3 Å². The number of morpholine rings is 1. The molecule has 34 heavy (non-hydrogen) atoms. The first kappa shape index (κ1) is 20.6. The predicted molar refractivity (Wildman–Crippen MR) is 125 cm³/mol. The highest BCUT2D eigenvalue weighted by molar-refractivity contribution is 5.94. The Morgan fingerprint density at radius 2 is 1.85 bits per heavy atom. The van der Waals surface area contributed by atoms with Crippen LogP contribution in [0.2, 0.25) is 0 Å². The molecule has 0 bridgehead atoms. The van der Waals surface area contributed by atoms with Gasteiger partial charge in [0.1, 0.15) is 18.2 Å². The van der Waals surface area contributed by atoms with Gasteiger partial charge >= 0.3 is 0 Å². The number of aliphatic hydroxyl groups is 1. The van der Waals surface area contributed by atoms with E-state index in [1.165, 1.54) is 12.4 Å². The van der Waals surface area contributed by atoms with E-state index in [-0.39, 0.29) is 5.56 Å². The van der Waals surface area contributed by atoms with E-state index in [2.05, 4.69) is 25.1 Å². The van der Waals surface area contributed by atoms with Gasteiger partial charge in [0.2, 0.25) is 0 Å². The number of ether oxygens (including phenoxy) is 1. The molecule has 0 radical (unpaired) electrons. The quantitative estimate of drug-likeness (QED) is 0.443. The van der Waals surface area contributed by atoms with E-state index in [4.69, 9.17) is 4.74 Å². The highest BCUT2D eigenvalue weighted by Crippen LogP contribution is 2.33. The lowest BCUT2D eigenvalue weighted by Crippen LogP contribution is -2.36. The van der Waals surface area contributed by atoms with E-state index >= 15 is 4.39 Å². The summed E-state index contributed by atoms with van der Waals surface area (Å²) in [4.78, 5) is 11.1. The number of nitrogens with zero attached hydrogens (tertiary/aromatic N) is 6. The summed E-state index contributed by atoms with van der Waals surface area (Å²) in [6.45, 7) is 3.01. The summed E-state index contributed by atoms with van der Waals surface area (Å²) in [6, 6.07) is 15.9. The van der Waals surface area contributed by atoms with Gasteiger partial charge in [-0.2, -0.15) is 0 Å². The monoisotopic (exact) mass is 456 g/mol. The van der Waals surface area contributed by atoms with E-state index in [9.17, 15) is 5.11 Å². The van der Waals surface area contributed by atoms with Crippen LogP contribution < -0.4 is 4.90 Å². The van der Waals surface area contributed by atoms with Crippen molar-refractivity contribution in [3.8, 4) is 11.3 Å². The number of anilines is 1. The third-order valence-electron chi connectivity index (χ3n) is 6.14. The molecule has 1 aliphatic heterocycles. The summed E-state index contributed by atoms with van der Waals surface area (Å²) >= 11 is 0. The average molecular weight is 456 g/mol. The first-order valence-corrected chi connectivity index (χ1v) is 11.0. The van der Waals surface area contributed by atoms with Gasteiger partial charge in [0, 0.05) is 35.9 Å². The zero-order valence-corrected chi connectivity index (χ0v) is 18.2. The topological polar surface area (TPSA) is 88.7 Å². The van der Waals surface area contributed by atoms with Gasteiger partial charge in [-0.25, -0.2) is 14.4 Å². The molecule has 1 fully saturated rings. The molecule has 0 saturated carbocycles. The summed E-state index contributed by atoms with van der Waals surface area (Å²) in [7, 11) is 0. The van der Waals surface area contributed by atoms with Crippen molar-refractivity contribution in [2.75, 3.05) is 31.2 Å². The Balaban J connectivity index is 1.41. The minimum Gasteiger partial charge on any atom is -0.380 e. The van der Waals surface area contributed by atoms with Gasteiger partial charge in [-0.1, -0.05) is 12.1 Å². The van der Waals surface area contributed by atoms with E-state index in [0.29, 0.717) is 35.9 Å². The molecule has 6 rings (SSSR count). The molecule has 4 heterocycles. The zero-order chi connectivity index (χ0) is 23.1. The van der Waals surface area contributed by atoms with Crippen LogP contribution >= 0.6 is 0 Å². The fraction of sp³-hybridized carbons (Fsp3) is 0.200. The van der Waals surface area contributed by atoms with Gasteiger partial charge < -0.3 is 14.7 Å². The lowest BCUT2D eigenvalue weighted by Gasteiger charge is -2.29. The van der Waals surface area contributed by atoms with Gasteiger partial charge in [-0.3, -0.25) is 4.40 Å². The van der Waals surface area contributed by atoms with E-state index < -0.39 is 11.9 Å². The van der Waals surface area contributed by atoms with Crippen LogP contribution in [0, 0.1) is 5.82 Å². The van der Waals surface area contributed by atoms with Crippen molar-refractivity contribution in [3.63, 3.8) is 0 Å². The number of fused-ring (bicyclic) bond motifs is 2. The molecule has 0 spiro atoms. The molecule has 3 aromatic heterocycles. The SMILES string of the molecule is OC(c1ccc(F)c(-c2ncnc3cc(N4CCOCC4)ccc23)c1)c1nnc2ccccn12. The maximum absolute atomic E-state index is 15.0. The Bertz CT molecular complexity index is 1500. The highest BCUT2D eigenvalue weighted by atomic mass is 19.1. The Labute approximate surface area is 194 Å². The van der Waals surface area contributed by atoms with Crippen LogP contribution in [0.4, 0.5) is 10.1 Å². The number of aromatic nitrogens is 5. The molecule has 2 aromatic carbocycles. The number of hydrogen-bond donors (Lipinski definition) is 1. The number of pyridine rings is 1. The fourth-order valence-electron chi connectivity index (χ4n) is 4.37. The predicted octanol–water partition coefficient (Wildman–Crippen LogP) is 3.40. The standard InChI is InChI=1S/C25H21FN6O2/c26-20-7-4-16(24(33)25-30-29-22-3-1-2-8-32(22)25)13-19(20)23-18-6-5-17(14-21(18)27-15-28-23)31-9-11-34-12-10-31/h1-8,13-15,24,33H,9-12H2. The first-order valence-electron chi connectivity index (χ1n) is 11.0. The molecule has 1 aliphatic rings. The average Bonchev–Trinajstić information content (AvgIpc) is 3.33. The molecular weight excluding hydrogens is 435 g/mol. The number of hydrogen-bond acceptors (Lipinski definition) is 7. The summed E-state index contributed by atoms with van der Waals surface area (Å²) in [5.41, 5.74) is 3.64. The number of benzene rings is 2. The molecule has 5 aromatic rings. The maximum Gasteiger partial charge on any atom is 0.170 e. The van der Waals surface area contributed by atoms with Gasteiger partial charge in [0.25, 0.3) is 0 Å². The Hall–Kier alpha value is -3.95. The summed E-state index contributed by atoms with van der Waals surface area (Å²) in [5, 5.41) is 20.0.